The number of rotatable bonds is 3. The number of benzene rings is 2. The molecule has 0 fully saturated rings. The summed E-state index contributed by atoms with van der Waals surface area (Å²) < 4.78 is 5.16. The average molecular weight is 262 g/mol. The highest BCUT2D eigenvalue weighted by Gasteiger charge is 2.14. The Kier molecular flexibility index (Phi) is 3.53. The van der Waals surface area contributed by atoms with Crippen LogP contribution in [0.1, 0.15) is 15.9 Å². The van der Waals surface area contributed by atoms with Crippen LogP contribution < -0.4 is 10.5 Å². The van der Waals surface area contributed by atoms with Gasteiger partial charge in [0, 0.05) is 16.3 Å². The fraction of sp³-hybridized carbons (Fsp3) is 0.0714. The van der Waals surface area contributed by atoms with Crippen molar-refractivity contribution in [2.45, 2.75) is 0 Å². The number of nitrogens with two attached hydrogens (primary N) is 1. The third-order valence-electron chi connectivity index (χ3n) is 2.58. The zero-order valence-corrected chi connectivity index (χ0v) is 10.6. The van der Waals surface area contributed by atoms with Gasteiger partial charge in [0.2, 0.25) is 0 Å². The standard InChI is InChI=1S/C14H12ClNO2/c1-18-13-8-10(15)4-7-12(13)14(17)9-2-5-11(16)6-3-9/h2-8H,16H2,1H3. The van der Waals surface area contributed by atoms with Gasteiger partial charge in [0.15, 0.2) is 5.78 Å². The first-order chi connectivity index (χ1) is 8.61. The molecule has 0 heterocycles. The van der Waals surface area contributed by atoms with Crippen molar-refractivity contribution in [3.8, 4) is 5.75 Å². The van der Waals surface area contributed by atoms with Crippen LogP contribution in [0.4, 0.5) is 5.69 Å². The molecule has 3 nitrogen and oxygen atoms in total. The van der Waals surface area contributed by atoms with Crippen molar-refractivity contribution < 1.29 is 9.53 Å². The van der Waals surface area contributed by atoms with Gasteiger partial charge in [-0.2, -0.15) is 0 Å². The molecule has 0 aliphatic heterocycles. The first-order valence-electron chi connectivity index (χ1n) is 5.35. The molecule has 0 spiro atoms. The molecular formula is C14H12ClNO2. The van der Waals surface area contributed by atoms with Crippen LogP contribution in [-0.2, 0) is 0 Å². The quantitative estimate of drug-likeness (QED) is 0.682. The summed E-state index contributed by atoms with van der Waals surface area (Å²) in [5.41, 5.74) is 7.25. The van der Waals surface area contributed by atoms with Crippen LogP contribution in [0, 0.1) is 0 Å². The lowest BCUT2D eigenvalue weighted by Crippen LogP contribution is -2.04. The second-order valence-electron chi connectivity index (χ2n) is 3.80. The molecule has 92 valence electrons. The first kappa shape index (κ1) is 12.5. The van der Waals surface area contributed by atoms with Crippen LogP contribution in [0.15, 0.2) is 42.5 Å². The number of halogens is 1. The van der Waals surface area contributed by atoms with Gasteiger partial charge in [0.25, 0.3) is 0 Å². The molecule has 0 bridgehead atoms. The fourth-order valence-corrected chi connectivity index (χ4v) is 1.80. The predicted molar refractivity (Wildman–Crippen MR) is 72.3 cm³/mol. The fourth-order valence-electron chi connectivity index (χ4n) is 1.64. The molecule has 0 saturated carbocycles. The number of ether oxygens (including phenoxy) is 1. The van der Waals surface area contributed by atoms with Gasteiger partial charge in [-0.05, 0) is 42.5 Å². The van der Waals surface area contributed by atoms with Gasteiger partial charge in [0.1, 0.15) is 5.75 Å². The predicted octanol–water partition coefficient (Wildman–Crippen LogP) is 3.16. The van der Waals surface area contributed by atoms with Gasteiger partial charge in [-0.3, -0.25) is 4.79 Å². The largest absolute Gasteiger partial charge is 0.496 e. The highest BCUT2D eigenvalue weighted by atomic mass is 35.5. The Hall–Kier alpha value is -2.00. The summed E-state index contributed by atoms with van der Waals surface area (Å²) in [4.78, 5) is 12.3. The molecular weight excluding hydrogens is 250 g/mol. The van der Waals surface area contributed by atoms with Crippen molar-refractivity contribution in [1.29, 1.82) is 0 Å². The van der Waals surface area contributed by atoms with E-state index in [2.05, 4.69) is 0 Å². The van der Waals surface area contributed by atoms with Crippen LogP contribution in [0.25, 0.3) is 0 Å². The number of hydrogen-bond acceptors (Lipinski definition) is 3. The van der Waals surface area contributed by atoms with Gasteiger partial charge in [0.05, 0.1) is 12.7 Å². The summed E-state index contributed by atoms with van der Waals surface area (Å²) in [5.74, 6) is 0.341. The Balaban J connectivity index is 2.42. The summed E-state index contributed by atoms with van der Waals surface area (Å²) in [7, 11) is 1.51. The molecule has 18 heavy (non-hydrogen) atoms. The summed E-state index contributed by atoms with van der Waals surface area (Å²) in [6.45, 7) is 0. The van der Waals surface area contributed by atoms with E-state index in [9.17, 15) is 4.79 Å². The molecule has 0 saturated heterocycles. The van der Waals surface area contributed by atoms with Crippen molar-refractivity contribution in [3.63, 3.8) is 0 Å². The van der Waals surface area contributed by atoms with Crippen molar-refractivity contribution in [3.05, 3.63) is 58.6 Å². The Morgan fingerprint density at radius 1 is 1.17 bits per heavy atom. The molecule has 0 radical (unpaired) electrons. The molecule has 4 heteroatoms. The molecule has 2 rings (SSSR count). The number of carbonyl (C=O) groups is 1. The molecule has 0 atom stereocenters. The van der Waals surface area contributed by atoms with Crippen LogP contribution in [0.3, 0.4) is 0 Å². The van der Waals surface area contributed by atoms with E-state index < -0.39 is 0 Å². The number of carbonyl (C=O) groups excluding carboxylic acids is 1. The highest BCUT2D eigenvalue weighted by Crippen LogP contribution is 2.25. The van der Waals surface area contributed by atoms with Crippen LogP contribution in [0.5, 0.6) is 5.75 Å². The second kappa shape index (κ2) is 5.10. The van der Waals surface area contributed by atoms with Crippen LogP contribution >= 0.6 is 11.6 Å². The number of ketones is 1. The van der Waals surface area contributed by atoms with E-state index in [0.29, 0.717) is 27.6 Å². The summed E-state index contributed by atoms with van der Waals surface area (Å²) in [6.07, 6.45) is 0. The van der Waals surface area contributed by atoms with Crippen molar-refractivity contribution in [2.75, 3.05) is 12.8 Å². The molecule has 0 aliphatic carbocycles. The minimum Gasteiger partial charge on any atom is -0.496 e. The maximum atomic E-state index is 12.3. The summed E-state index contributed by atoms with van der Waals surface area (Å²) >= 11 is 5.86. The van der Waals surface area contributed by atoms with E-state index in [1.165, 1.54) is 7.11 Å². The van der Waals surface area contributed by atoms with Gasteiger partial charge >= 0.3 is 0 Å². The molecule has 2 aromatic rings. The molecule has 2 aromatic carbocycles. The minimum absolute atomic E-state index is 0.122. The van der Waals surface area contributed by atoms with Gasteiger partial charge in [-0.25, -0.2) is 0 Å². The third kappa shape index (κ3) is 2.46. The Morgan fingerprint density at radius 2 is 1.83 bits per heavy atom. The summed E-state index contributed by atoms with van der Waals surface area (Å²) in [5, 5.41) is 0.528. The number of anilines is 1. The number of methoxy groups -OCH3 is 1. The lowest BCUT2D eigenvalue weighted by molar-refractivity contribution is 0.103. The van der Waals surface area contributed by atoms with Crippen LogP contribution in [-0.4, -0.2) is 12.9 Å². The van der Waals surface area contributed by atoms with Gasteiger partial charge in [-0.1, -0.05) is 11.6 Å². The lowest BCUT2D eigenvalue weighted by Gasteiger charge is -2.08. The Labute approximate surface area is 110 Å². The monoisotopic (exact) mass is 261 g/mol. The molecule has 2 N–H and O–H groups in total. The second-order valence-corrected chi connectivity index (χ2v) is 4.23. The molecule has 0 aliphatic rings. The molecule has 0 aromatic heterocycles. The van der Waals surface area contributed by atoms with Crippen LogP contribution in [0.2, 0.25) is 5.02 Å². The van der Waals surface area contributed by atoms with Gasteiger partial charge < -0.3 is 10.5 Å². The number of hydrogen-bond donors (Lipinski definition) is 1. The van der Waals surface area contributed by atoms with Gasteiger partial charge in [-0.15, -0.1) is 0 Å². The van der Waals surface area contributed by atoms with E-state index >= 15 is 0 Å². The molecule has 0 unspecified atom stereocenters. The Morgan fingerprint density at radius 3 is 2.44 bits per heavy atom. The molecule has 0 amide bonds. The zero-order chi connectivity index (χ0) is 13.1. The van der Waals surface area contributed by atoms with E-state index in [-0.39, 0.29) is 5.78 Å². The first-order valence-corrected chi connectivity index (χ1v) is 5.73. The highest BCUT2D eigenvalue weighted by molar-refractivity contribution is 6.31. The van der Waals surface area contributed by atoms with E-state index in [4.69, 9.17) is 22.1 Å². The topological polar surface area (TPSA) is 52.3 Å². The zero-order valence-electron chi connectivity index (χ0n) is 9.81. The minimum atomic E-state index is -0.122. The Bertz CT molecular complexity index is 579. The maximum Gasteiger partial charge on any atom is 0.196 e. The SMILES string of the molecule is COc1cc(Cl)ccc1C(=O)c1ccc(N)cc1. The van der Waals surface area contributed by atoms with E-state index in [1.54, 1.807) is 42.5 Å². The lowest BCUT2D eigenvalue weighted by atomic mass is 10.0. The smallest absolute Gasteiger partial charge is 0.196 e. The summed E-state index contributed by atoms with van der Waals surface area (Å²) in [6, 6.07) is 11.7. The van der Waals surface area contributed by atoms with E-state index in [1.807, 2.05) is 0 Å². The van der Waals surface area contributed by atoms with Crippen molar-refractivity contribution >= 4 is 23.1 Å². The maximum absolute atomic E-state index is 12.3. The normalized spacial score (nSPS) is 10.1. The van der Waals surface area contributed by atoms with Crippen molar-refractivity contribution in [2.24, 2.45) is 0 Å². The number of nitrogen functional groups attached to an aromatic ring is 1. The van der Waals surface area contributed by atoms with E-state index in [0.717, 1.165) is 0 Å². The average Bonchev–Trinajstić information content (AvgIpc) is 2.38. The van der Waals surface area contributed by atoms with Crippen molar-refractivity contribution in [1.82, 2.24) is 0 Å². The third-order valence-corrected chi connectivity index (χ3v) is 2.82.